The van der Waals surface area contributed by atoms with Crippen molar-refractivity contribution in [1.29, 1.82) is 0 Å². The minimum absolute atomic E-state index is 0.106. The first-order chi connectivity index (χ1) is 8.86. The molecule has 100 valence electrons. The van der Waals surface area contributed by atoms with Gasteiger partial charge in [-0.05, 0) is 17.5 Å². The second kappa shape index (κ2) is 4.94. The van der Waals surface area contributed by atoms with Crippen molar-refractivity contribution in [2.75, 3.05) is 0 Å². The molecule has 0 aliphatic carbocycles. The number of benzene rings is 2. The van der Waals surface area contributed by atoms with Crippen molar-refractivity contribution in [2.45, 2.75) is 4.90 Å². The predicted octanol–water partition coefficient (Wildman–Crippen LogP) is 2.27. The third kappa shape index (κ3) is 2.51. The van der Waals surface area contributed by atoms with Crippen LogP contribution in [0, 0.1) is 3.57 Å². The molecule has 0 amide bonds. The van der Waals surface area contributed by atoms with E-state index in [1.54, 1.807) is 0 Å². The molecule has 0 atom stereocenters. The maximum Gasteiger partial charge on any atom is 0.336 e. The van der Waals surface area contributed by atoms with Gasteiger partial charge < -0.3 is 5.11 Å². The standard InChI is InChI=1S/C11H7IO6S/c13-11(14)8-5-4-6-7(10(8)12-15)2-1-3-9(6)19(16,17)18/h1-5H,(H,13,14)(H,16,17,18). The van der Waals surface area contributed by atoms with Gasteiger partial charge in [-0.25, -0.2) is 4.79 Å². The van der Waals surface area contributed by atoms with Crippen molar-refractivity contribution >= 4 is 48.1 Å². The Bertz CT molecular complexity index is 796. The largest absolute Gasteiger partial charge is 0.478 e. The Balaban J connectivity index is 2.97. The molecule has 0 bridgehead atoms. The molecule has 2 rings (SSSR count). The number of hydrogen-bond acceptors (Lipinski definition) is 4. The van der Waals surface area contributed by atoms with Crippen LogP contribution in [-0.2, 0) is 13.2 Å². The van der Waals surface area contributed by atoms with Gasteiger partial charge in [0.25, 0.3) is 10.1 Å². The highest BCUT2D eigenvalue weighted by atomic mass is 127. The van der Waals surface area contributed by atoms with E-state index in [9.17, 15) is 16.3 Å². The van der Waals surface area contributed by atoms with E-state index in [2.05, 4.69) is 0 Å². The number of aromatic carboxylic acids is 1. The fraction of sp³-hybridized carbons (Fsp3) is 0. The molecule has 6 nitrogen and oxygen atoms in total. The Morgan fingerprint density at radius 2 is 1.79 bits per heavy atom. The van der Waals surface area contributed by atoms with Crippen LogP contribution in [0.4, 0.5) is 0 Å². The molecular formula is C11H7IO6S. The third-order valence-corrected chi connectivity index (χ3v) is 5.06. The maximum atomic E-state index is 11.3. The minimum Gasteiger partial charge on any atom is -0.478 e. The van der Waals surface area contributed by atoms with E-state index < -0.39 is 37.3 Å². The lowest BCUT2D eigenvalue weighted by atomic mass is 10.1. The topological polar surface area (TPSA) is 109 Å². The van der Waals surface area contributed by atoms with Crippen LogP contribution in [0.25, 0.3) is 10.8 Å². The second-order valence-corrected chi connectivity index (χ2v) is 6.54. The first kappa shape index (κ1) is 14.0. The molecular weight excluding hydrogens is 387 g/mol. The van der Waals surface area contributed by atoms with Gasteiger partial charge in [0.05, 0.1) is 9.13 Å². The average Bonchev–Trinajstić information content (AvgIpc) is 2.35. The van der Waals surface area contributed by atoms with Crippen LogP contribution in [0.1, 0.15) is 10.4 Å². The monoisotopic (exact) mass is 394 g/mol. The van der Waals surface area contributed by atoms with Crippen molar-refractivity contribution in [1.82, 2.24) is 0 Å². The average molecular weight is 394 g/mol. The van der Waals surface area contributed by atoms with Crippen LogP contribution in [0.15, 0.2) is 35.2 Å². The molecule has 0 fully saturated rings. The van der Waals surface area contributed by atoms with Crippen molar-refractivity contribution in [3.8, 4) is 0 Å². The smallest absolute Gasteiger partial charge is 0.336 e. The molecule has 2 aromatic rings. The van der Waals surface area contributed by atoms with Gasteiger partial charge in [-0.15, -0.1) is 0 Å². The Hall–Kier alpha value is -1.39. The number of carboxylic acids is 1. The van der Waals surface area contributed by atoms with Gasteiger partial charge in [0, 0.05) is 5.39 Å². The molecule has 0 radical (unpaired) electrons. The SMILES string of the molecule is O=Ic1c(C(=O)O)ccc2c(S(=O)(=O)O)cccc12. The number of rotatable bonds is 3. The van der Waals surface area contributed by atoms with E-state index in [0.29, 0.717) is 0 Å². The summed E-state index contributed by atoms with van der Waals surface area (Å²) in [5.74, 6) is -1.23. The summed E-state index contributed by atoms with van der Waals surface area (Å²) >= 11 is -1.80. The Labute approximate surface area is 118 Å². The predicted molar refractivity (Wildman–Crippen MR) is 74.1 cm³/mol. The third-order valence-electron chi connectivity index (χ3n) is 2.54. The lowest BCUT2D eigenvalue weighted by Gasteiger charge is -2.07. The van der Waals surface area contributed by atoms with Gasteiger partial charge in [-0.2, -0.15) is 8.42 Å². The molecule has 8 heteroatoms. The molecule has 0 saturated carbocycles. The van der Waals surface area contributed by atoms with E-state index in [1.165, 1.54) is 30.3 Å². The van der Waals surface area contributed by atoms with Crippen molar-refractivity contribution in [2.24, 2.45) is 0 Å². The van der Waals surface area contributed by atoms with Crippen LogP contribution in [-0.4, -0.2) is 24.0 Å². The maximum absolute atomic E-state index is 11.3. The quantitative estimate of drug-likeness (QED) is 0.611. The van der Waals surface area contributed by atoms with Gasteiger partial charge in [-0.3, -0.25) is 7.62 Å². The zero-order chi connectivity index (χ0) is 14.2. The summed E-state index contributed by atoms with van der Waals surface area (Å²) < 4.78 is 43.0. The van der Waals surface area contributed by atoms with Gasteiger partial charge in [-0.1, -0.05) is 18.2 Å². The van der Waals surface area contributed by atoms with E-state index >= 15 is 0 Å². The van der Waals surface area contributed by atoms with E-state index in [0.717, 1.165) is 0 Å². The zero-order valence-corrected chi connectivity index (χ0v) is 12.2. The highest BCUT2D eigenvalue weighted by Crippen LogP contribution is 2.30. The summed E-state index contributed by atoms with van der Waals surface area (Å²) in [6.45, 7) is 0. The summed E-state index contributed by atoms with van der Waals surface area (Å²) in [6.07, 6.45) is 0. The minimum atomic E-state index is -4.42. The zero-order valence-electron chi connectivity index (χ0n) is 9.20. The summed E-state index contributed by atoms with van der Waals surface area (Å²) in [7, 11) is -4.42. The summed E-state index contributed by atoms with van der Waals surface area (Å²) in [5.41, 5.74) is -0.122. The summed E-state index contributed by atoms with van der Waals surface area (Å²) in [5, 5.41) is 9.41. The number of carbonyl (C=O) groups is 1. The van der Waals surface area contributed by atoms with Crippen molar-refractivity contribution in [3.63, 3.8) is 0 Å². The van der Waals surface area contributed by atoms with Crippen LogP contribution in [0.3, 0.4) is 0 Å². The van der Waals surface area contributed by atoms with Crippen molar-refractivity contribution in [3.05, 3.63) is 39.5 Å². The lowest BCUT2D eigenvalue weighted by molar-refractivity contribution is 0.0696. The molecule has 0 aliphatic heterocycles. The Morgan fingerprint density at radius 3 is 2.32 bits per heavy atom. The van der Waals surface area contributed by atoms with Crippen LogP contribution < -0.4 is 0 Å². The van der Waals surface area contributed by atoms with E-state index in [-0.39, 0.29) is 24.8 Å². The van der Waals surface area contributed by atoms with Gasteiger partial charge in [0.15, 0.2) is 21.2 Å². The van der Waals surface area contributed by atoms with Crippen LogP contribution >= 0.6 is 21.2 Å². The molecule has 0 spiro atoms. The molecule has 0 aromatic heterocycles. The number of carboxylic acid groups (broad SMARTS) is 1. The van der Waals surface area contributed by atoms with Gasteiger partial charge in [0.2, 0.25) is 0 Å². The van der Waals surface area contributed by atoms with Crippen LogP contribution in [0.2, 0.25) is 0 Å². The van der Waals surface area contributed by atoms with E-state index in [4.69, 9.17) is 9.66 Å². The number of hydrogen-bond donors (Lipinski definition) is 2. The van der Waals surface area contributed by atoms with E-state index in [1.807, 2.05) is 0 Å². The first-order valence-corrected chi connectivity index (χ1v) is 8.30. The molecule has 19 heavy (non-hydrogen) atoms. The normalized spacial score (nSPS) is 11.6. The highest BCUT2D eigenvalue weighted by Gasteiger charge is 2.19. The Morgan fingerprint density at radius 1 is 1.11 bits per heavy atom. The molecule has 0 aliphatic rings. The second-order valence-electron chi connectivity index (χ2n) is 3.64. The number of halogens is 1. The molecule has 0 saturated heterocycles. The first-order valence-electron chi connectivity index (χ1n) is 4.90. The molecule has 0 unspecified atom stereocenters. The summed E-state index contributed by atoms with van der Waals surface area (Å²) in [4.78, 5) is 10.7. The van der Waals surface area contributed by atoms with Gasteiger partial charge in [0.1, 0.15) is 4.90 Å². The fourth-order valence-corrected chi connectivity index (χ4v) is 3.83. The molecule has 2 N–H and O–H groups in total. The highest BCUT2D eigenvalue weighted by molar-refractivity contribution is 14.1. The van der Waals surface area contributed by atoms with Crippen LogP contribution in [0.5, 0.6) is 0 Å². The van der Waals surface area contributed by atoms with Gasteiger partial charge >= 0.3 is 5.97 Å². The Kier molecular flexibility index (Phi) is 3.65. The molecule has 2 aromatic carbocycles. The number of fused-ring (bicyclic) bond motifs is 1. The van der Waals surface area contributed by atoms with Crippen molar-refractivity contribution < 1.29 is 25.9 Å². The fourth-order valence-electron chi connectivity index (χ4n) is 1.77. The summed E-state index contributed by atoms with van der Waals surface area (Å²) in [6, 6.07) is 6.51. The lowest BCUT2D eigenvalue weighted by Crippen LogP contribution is -2.03. The molecule has 0 heterocycles.